The van der Waals surface area contributed by atoms with Gasteiger partial charge in [-0.15, -0.1) is 15.9 Å². The molecule has 1 aliphatic heterocycles. The highest BCUT2D eigenvalue weighted by Crippen LogP contribution is 2.56. The average Bonchev–Trinajstić information content (AvgIpc) is 3.24. The van der Waals surface area contributed by atoms with Crippen molar-refractivity contribution in [1.29, 1.82) is 0 Å². The Labute approximate surface area is 229 Å². The van der Waals surface area contributed by atoms with Gasteiger partial charge in [-0.2, -0.15) is 4.31 Å². The van der Waals surface area contributed by atoms with Crippen LogP contribution in [0.25, 0.3) is 11.0 Å². The van der Waals surface area contributed by atoms with Crippen LogP contribution in [0.1, 0.15) is 47.1 Å². The summed E-state index contributed by atoms with van der Waals surface area (Å²) < 4.78 is 37.0. The molecular weight excluding hydrogens is 518 g/mol. The zero-order valence-corrected chi connectivity index (χ0v) is 23.3. The molecule has 2 aromatic carbocycles. The van der Waals surface area contributed by atoms with Crippen LogP contribution in [0.5, 0.6) is 5.75 Å². The quantitative estimate of drug-likeness (QED) is 0.306. The first-order valence-electron chi connectivity index (χ1n) is 12.8. The van der Waals surface area contributed by atoms with E-state index in [1.807, 2.05) is 51.2 Å². The maximum Gasteiger partial charge on any atom is 0.306 e. The van der Waals surface area contributed by atoms with Gasteiger partial charge in [0.05, 0.1) is 31.3 Å². The largest absolute Gasteiger partial charge is 0.490 e. The van der Waals surface area contributed by atoms with E-state index in [9.17, 15) is 13.9 Å². The molecule has 3 heterocycles. The lowest BCUT2D eigenvalue weighted by atomic mass is 9.84. The Bertz CT molecular complexity index is 1520. The molecular formula is C28H33N5O5S. The molecule has 39 heavy (non-hydrogen) atoms. The van der Waals surface area contributed by atoms with Gasteiger partial charge in [0, 0.05) is 31.8 Å². The van der Waals surface area contributed by atoms with Crippen molar-refractivity contribution < 1.29 is 23.4 Å². The van der Waals surface area contributed by atoms with Crippen molar-refractivity contribution in [1.82, 2.24) is 24.3 Å². The van der Waals surface area contributed by atoms with Crippen LogP contribution >= 0.6 is 10.8 Å². The molecule has 10 nitrogen and oxygen atoms in total. The lowest BCUT2D eigenvalue weighted by Gasteiger charge is -2.41. The molecule has 1 atom stereocenters. The summed E-state index contributed by atoms with van der Waals surface area (Å²) in [6.45, 7) is 7.02. The Kier molecular flexibility index (Phi) is 7.59. The monoisotopic (exact) mass is 551 g/mol. The molecule has 0 aliphatic carbocycles. The fraction of sp³-hybridized carbons (Fsp3) is 0.357. The van der Waals surface area contributed by atoms with Crippen LogP contribution in [0.3, 0.4) is 0 Å². The Morgan fingerprint density at radius 1 is 1.21 bits per heavy atom. The first kappa shape index (κ1) is 27.1. The number of carbonyl (C=O) groups is 1. The van der Waals surface area contributed by atoms with Gasteiger partial charge in [-0.1, -0.05) is 29.5 Å². The van der Waals surface area contributed by atoms with Crippen molar-refractivity contribution in [2.45, 2.75) is 44.6 Å². The molecule has 2 aromatic heterocycles. The van der Waals surface area contributed by atoms with Gasteiger partial charge < -0.3 is 9.47 Å². The Morgan fingerprint density at radius 3 is 2.82 bits per heavy atom. The van der Waals surface area contributed by atoms with E-state index in [1.165, 1.54) is 6.20 Å². The fourth-order valence-corrected chi connectivity index (χ4v) is 6.60. The number of benzene rings is 2. The van der Waals surface area contributed by atoms with Gasteiger partial charge in [0.1, 0.15) is 22.8 Å². The molecule has 1 aliphatic rings. The number of ether oxygens (including phenoxy) is 2. The minimum Gasteiger partial charge on any atom is -0.490 e. The molecule has 0 spiro atoms. The van der Waals surface area contributed by atoms with E-state index in [1.54, 1.807) is 28.2 Å². The van der Waals surface area contributed by atoms with Crippen molar-refractivity contribution in [3.63, 3.8) is 0 Å². The summed E-state index contributed by atoms with van der Waals surface area (Å²) in [7, 11) is -1.47. The number of aryl methyl sites for hydroxylation is 3. The van der Waals surface area contributed by atoms with E-state index in [0.29, 0.717) is 25.5 Å². The van der Waals surface area contributed by atoms with E-state index < -0.39 is 10.8 Å². The molecule has 0 saturated carbocycles. The fourth-order valence-electron chi connectivity index (χ4n) is 5.07. The summed E-state index contributed by atoms with van der Waals surface area (Å²) in [5, 5.41) is 8.50. The van der Waals surface area contributed by atoms with Gasteiger partial charge in [-0.05, 0) is 54.7 Å². The predicted octanol–water partition coefficient (Wildman–Crippen LogP) is 4.98. The van der Waals surface area contributed by atoms with Gasteiger partial charge in [-0.3, -0.25) is 18.9 Å². The summed E-state index contributed by atoms with van der Waals surface area (Å²) in [6, 6.07) is 11.7. The van der Waals surface area contributed by atoms with Crippen LogP contribution in [-0.2, 0) is 23.1 Å². The summed E-state index contributed by atoms with van der Waals surface area (Å²) in [4.78, 5) is 17.1. The van der Waals surface area contributed by atoms with Crippen LogP contribution in [-0.4, -0.2) is 59.1 Å². The third kappa shape index (κ3) is 5.22. The van der Waals surface area contributed by atoms with Crippen LogP contribution in [0.15, 0.2) is 53.7 Å². The van der Waals surface area contributed by atoms with E-state index in [0.717, 1.165) is 38.9 Å². The standard InChI is InChI=1S/C28H33N5O5S/c1-5-37-27(34)15-23(22-8-9-24-28(19(22)3)30-31-32(24)4)20-7-6-18(2)21(14-20)17-33-12-13-38-25-10-11-29-16-26(25)39(33,35)36/h6-11,14,16,23,35-36H,5,12-13,15,17H2,1-4H3. The molecule has 5 rings (SSSR count). The van der Waals surface area contributed by atoms with Crippen molar-refractivity contribution in [2.24, 2.45) is 7.05 Å². The van der Waals surface area contributed by atoms with Crippen LogP contribution in [0.4, 0.5) is 0 Å². The SMILES string of the molecule is CCOC(=O)CC(c1ccc(C)c(CN2CCOc3ccncc3S2(O)O)c1)c1ccc2c(nnn2C)c1C. The zero-order valence-electron chi connectivity index (χ0n) is 22.5. The van der Waals surface area contributed by atoms with Crippen molar-refractivity contribution >= 4 is 27.8 Å². The lowest BCUT2D eigenvalue weighted by Crippen LogP contribution is -2.29. The van der Waals surface area contributed by atoms with E-state index in [-0.39, 0.29) is 29.7 Å². The van der Waals surface area contributed by atoms with Crippen LogP contribution in [0.2, 0.25) is 0 Å². The highest BCUT2D eigenvalue weighted by molar-refractivity contribution is 8.22. The minimum absolute atomic E-state index is 0.161. The van der Waals surface area contributed by atoms with Crippen LogP contribution in [0, 0.1) is 13.8 Å². The minimum atomic E-state index is -3.32. The third-order valence-electron chi connectivity index (χ3n) is 7.25. The van der Waals surface area contributed by atoms with E-state index in [2.05, 4.69) is 15.3 Å². The zero-order chi connectivity index (χ0) is 27.7. The number of rotatable bonds is 7. The Balaban J connectivity index is 1.53. The summed E-state index contributed by atoms with van der Waals surface area (Å²) in [5.74, 6) is -0.138. The Morgan fingerprint density at radius 2 is 2.03 bits per heavy atom. The molecule has 0 fully saturated rings. The van der Waals surface area contributed by atoms with Crippen molar-refractivity contribution in [2.75, 3.05) is 19.8 Å². The highest BCUT2D eigenvalue weighted by atomic mass is 32.3. The second-order valence-corrected chi connectivity index (χ2v) is 11.7. The molecule has 11 heteroatoms. The molecule has 0 amide bonds. The molecule has 0 bridgehead atoms. The van der Waals surface area contributed by atoms with Crippen molar-refractivity contribution in [3.05, 3.63) is 76.6 Å². The first-order valence-corrected chi connectivity index (χ1v) is 14.3. The summed E-state index contributed by atoms with van der Waals surface area (Å²) >= 11 is 0. The molecule has 206 valence electrons. The van der Waals surface area contributed by atoms with Gasteiger partial charge in [0.2, 0.25) is 0 Å². The molecule has 1 unspecified atom stereocenters. The number of aromatic nitrogens is 4. The number of hydrogen-bond donors (Lipinski definition) is 2. The maximum absolute atomic E-state index is 12.7. The normalized spacial score (nSPS) is 16.7. The lowest BCUT2D eigenvalue weighted by molar-refractivity contribution is -0.143. The third-order valence-corrected chi connectivity index (χ3v) is 9.18. The van der Waals surface area contributed by atoms with Gasteiger partial charge in [0.15, 0.2) is 0 Å². The molecule has 4 aromatic rings. The maximum atomic E-state index is 12.7. The van der Waals surface area contributed by atoms with Gasteiger partial charge >= 0.3 is 5.97 Å². The van der Waals surface area contributed by atoms with Gasteiger partial charge in [0.25, 0.3) is 0 Å². The molecule has 0 radical (unpaired) electrons. The number of nitrogens with zero attached hydrogens (tertiary/aromatic N) is 5. The second-order valence-electron chi connectivity index (χ2n) is 9.66. The topological polar surface area (TPSA) is 123 Å². The number of pyridine rings is 1. The van der Waals surface area contributed by atoms with E-state index >= 15 is 0 Å². The smallest absolute Gasteiger partial charge is 0.306 e. The Hall–Kier alpha value is -3.51. The number of esters is 1. The molecule has 0 saturated heterocycles. The summed E-state index contributed by atoms with van der Waals surface area (Å²) in [6.07, 6.45) is 3.18. The molecule has 2 N–H and O–H groups in total. The van der Waals surface area contributed by atoms with Gasteiger partial charge in [-0.25, -0.2) is 4.68 Å². The highest BCUT2D eigenvalue weighted by Gasteiger charge is 2.32. The number of fused-ring (bicyclic) bond motifs is 2. The predicted molar refractivity (Wildman–Crippen MR) is 149 cm³/mol. The first-order chi connectivity index (χ1) is 18.7. The van der Waals surface area contributed by atoms with E-state index in [4.69, 9.17) is 9.47 Å². The van der Waals surface area contributed by atoms with Crippen molar-refractivity contribution in [3.8, 4) is 5.75 Å². The second kappa shape index (κ2) is 10.9. The van der Waals surface area contributed by atoms with Crippen LogP contribution < -0.4 is 4.74 Å². The number of carbonyl (C=O) groups excluding carboxylic acids is 1. The average molecular weight is 552 g/mol. The number of hydrogen-bond acceptors (Lipinski definition) is 9. The summed E-state index contributed by atoms with van der Waals surface area (Å²) in [5.41, 5.74) is 6.49.